The van der Waals surface area contributed by atoms with Crippen molar-refractivity contribution < 1.29 is 14.3 Å². The van der Waals surface area contributed by atoms with Crippen molar-refractivity contribution in [2.75, 3.05) is 19.6 Å². The van der Waals surface area contributed by atoms with Crippen molar-refractivity contribution in [2.45, 2.75) is 26.8 Å². The Hall–Kier alpha value is -1.91. The van der Waals surface area contributed by atoms with Crippen LogP contribution in [0.15, 0.2) is 12.1 Å². The van der Waals surface area contributed by atoms with Crippen LogP contribution in [-0.4, -0.2) is 30.7 Å². The number of anilines is 1. The molecule has 1 amide bonds. The summed E-state index contributed by atoms with van der Waals surface area (Å²) < 4.78 is 10.5. The minimum absolute atomic E-state index is 0.1000. The summed E-state index contributed by atoms with van der Waals surface area (Å²) >= 11 is 0. The van der Waals surface area contributed by atoms with Crippen LogP contribution >= 0.6 is 0 Å². The number of carbonyl (C=O) groups excluding carboxylic acids is 1. The van der Waals surface area contributed by atoms with E-state index in [4.69, 9.17) is 15.2 Å². The van der Waals surface area contributed by atoms with E-state index >= 15 is 0 Å². The van der Waals surface area contributed by atoms with Gasteiger partial charge in [-0.3, -0.25) is 4.79 Å². The maximum Gasteiger partial charge on any atom is 0.256 e. The molecule has 5 heteroatoms. The SMILES string of the molecule is CC(C)C(C)N(C)C(=O)c1cc2c(cc1N)OCO2. The highest BCUT2D eigenvalue weighted by Crippen LogP contribution is 2.36. The Morgan fingerprint density at radius 2 is 1.84 bits per heavy atom. The molecule has 1 unspecified atom stereocenters. The van der Waals surface area contributed by atoms with Gasteiger partial charge in [-0.15, -0.1) is 0 Å². The van der Waals surface area contributed by atoms with Crippen LogP contribution in [0.25, 0.3) is 0 Å². The van der Waals surface area contributed by atoms with E-state index in [0.717, 1.165) is 0 Å². The second kappa shape index (κ2) is 4.99. The molecule has 1 atom stereocenters. The van der Waals surface area contributed by atoms with Gasteiger partial charge in [-0.2, -0.15) is 0 Å². The monoisotopic (exact) mass is 264 g/mol. The summed E-state index contributed by atoms with van der Waals surface area (Å²) in [6.07, 6.45) is 0. The number of ether oxygens (including phenoxy) is 2. The van der Waals surface area contributed by atoms with Gasteiger partial charge in [-0.05, 0) is 18.9 Å². The third-order valence-corrected chi connectivity index (χ3v) is 3.67. The number of rotatable bonds is 3. The highest BCUT2D eigenvalue weighted by Gasteiger charge is 2.24. The quantitative estimate of drug-likeness (QED) is 0.849. The van der Waals surface area contributed by atoms with Crippen LogP contribution in [0.1, 0.15) is 31.1 Å². The second-order valence-electron chi connectivity index (χ2n) is 5.19. The first-order valence-electron chi connectivity index (χ1n) is 6.38. The third kappa shape index (κ3) is 2.45. The van der Waals surface area contributed by atoms with Gasteiger partial charge in [0.1, 0.15) is 0 Å². The van der Waals surface area contributed by atoms with E-state index in [9.17, 15) is 4.79 Å². The van der Waals surface area contributed by atoms with Gasteiger partial charge in [-0.25, -0.2) is 0 Å². The van der Waals surface area contributed by atoms with E-state index in [1.54, 1.807) is 24.1 Å². The molecule has 1 aromatic carbocycles. The lowest BCUT2D eigenvalue weighted by molar-refractivity contribution is 0.0708. The Balaban J connectivity index is 2.29. The Bertz CT molecular complexity index is 500. The summed E-state index contributed by atoms with van der Waals surface area (Å²) in [7, 11) is 1.79. The van der Waals surface area contributed by atoms with Crippen molar-refractivity contribution in [1.82, 2.24) is 4.90 Å². The number of nitrogens with two attached hydrogens (primary N) is 1. The Labute approximate surface area is 113 Å². The van der Waals surface area contributed by atoms with Gasteiger partial charge in [0.2, 0.25) is 6.79 Å². The topological polar surface area (TPSA) is 64.8 Å². The van der Waals surface area contributed by atoms with Gasteiger partial charge in [0.15, 0.2) is 11.5 Å². The van der Waals surface area contributed by atoms with E-state index in [-0.39, 0.29) is 18.7 Å². The minimum atomic E-state index is -0.1000. The van der Waals surface area contributed by atoms with Crippen molar-refractivity contribution in [3.8, 4) is 11.5 Å². The molecule has 0 saturated carbocycles. The number of benzene rings is 1. The van der Waals surface area contributed by atoms with Crippen molar-refractivity contribution in [1.29, 1.82) is 0 Å². The fourth-order valence-corrected chi connectivity index (χ4v) is 1.97. The molecule has 0 radical (unpaired) electrons. The van der Waals surface area contributed by atoms with Gasteiger partial charge < -0.3 is 20.1 Å². The molecule has 2 rings (SSSR count). The molecule has 19 heavy (non-hydrogen) atoms. The summed E-state index contributed by atoms with van der Waals surface area (Å²) in [6, 6.07) is 3.44. The first-order valence-corrected chi connectivity index (χ1v) is 6.38. The first kappa shape index (κ1) is 13.5. The summed E-state index contributed by atoms with van der Waals surface area (Å²) in [5.74, 6) is 1.44. The van der Waals surface area contributed by atoms with Crippen molar-refractivity contribution in [2.24, 2.45) is 5.92 Å². The fraction of sp³-hybridized carbons (Fsp3) is 0.500. The van der Waals surface area contributed by atoms with Crippen molar-refractivity contribution in [3.63, 3.8) is 0 Å². The molecule has 0 spiro atoms. The number of nitrogens with zero attached hydrogens (tertiary/aromatic N) is 1. The highest BCUT2D eigenvalue weighted by atomic mass is 16.7. The smallest absolute Gasteiger partial charge is 0.256 e. The number of hydrogen-bond acceptors (Lipinski definition) is 4. The predicted molar refractivity (Wildman–Crippen MR) is 73.4 cm³/mol. The van der Waals surface area contributed by atoms with Crippen LogP contribution in [0.3, 0.4) is 0 Å². The van der Waals surface area contributed by atoms with E-state index in [0.29, 0.717) is 28.7 Å². The predicted octanol–water partition coefficient (Wildman–Crippen LogP) is 2.11. The Kier molecular flexibility index (Phi) is 3.55. The van der Waals surface area contributed by atoms with Crippen LogP contribution in [0.2, 0.25) is 0 Å². The maximum atomic E-state index is 12.5. The second-order valence-corrected chi connectivity index (χ2v) is 5.19. The van der Waals surface area contributed by atoms with Crippen LogP contribution < -0.4 is 15.2 Å². The molecule has 1 aromatic rings. The molecular formula is C14H20N2O3. The zero-order valence-corrected chi connectivity index (χ0v) is 11.8. The summed E-state index contributed by atoms with van der Waals surface area (Å²) in [6.45, 7) is 6.35. The van der Waals surface area contributed by atoms with Crippen LogP contribution in [0.5, 0.6) is 11.5 Å². The number of nitrogen functional groups attached to an aromatic ring is 1. The Morgan fingerprint density at radius 3 is 2.42 bits per heavy atom. The maximum absolute atomic E-state index is 12.5. The van der Waals surface area contributed by atoms with Crippen LogP contribution in [0.4, 0.5) is 5.69 Å². The zero-order chi connectivity index (χ0) is 14.2. The van der Waals surface area contributed by atoms with Gasteiger partial charge >= 0.3 is 0 Å². The molecule has 104 valence electrons. The molecule has 0 aliphatic carbocycles. The molecule has 5 nitrogen and oxygen atoms in total. The molecule has 2 N–H and O–H groups in total. The van der Waals surface area contributed by atoms with Gasteiger partial charge in [-0.1, -0.05) is 13.8 Å². The molecule has 1 heterocycles. The zero-order valence-electron chi connectivity index (χ0n) is 11.8. The fourth-order valence-electron chi connectivity index (χ4n) is 1.97. The number of carbonyl (C=O) groups is 1. The molecule has 1 aliphatic rings. The lowest BCUT2D eigenvalue weighted by atomic mass is 10.0. The summed E-state index contributed by atoms with van der Waals surface area (Å²) in [5, 5.41) is 0. The normalized spacial score (nSPS) is 14.6. The Morgan fingerprint density at radius 1 is 1.26 bits per heavy atom. The van der Waals surface area contributed by atoms with Crippen molar-refractivity contribution >= 4 is 11.6 Å². The minimum Gasteiger partial charge on any atom is -0.454 e. The molecule has 0 fully saturated rings. The lowest BCUT2D eigenvalue weighted by Crippen LogP contribution is -2.38. The summed E-state index contributed by atoms with van der Waals surface area (Å²) in [5.41, 5.74) is 6.80. The summed E-state index contributed by atoms with van der Waals surface area (Å²) in [4.78, 5) is 14.2. The molecule has 0 bridgehead atoms. The van der Waals surface area contributed by atoms with E-state index in [1.807, 2.05) is 6.92 Å². The average Bonchev–Trinajstić information content (AvgIpc) is 2.81. The lowest BCUT2D eigenvalue weighted by Gasteiger charge is -2.28. The van der Waals surface area contributed by atoms with Crippen molar-refractivity contribution in [3.05, 3.63) is 17.7 Å². The van der Waals surface area contributed by atoms with Crippen LogP contribution in [0, 0.1) is 5.92 Å². The van der Waals surface area contributed by atoms with E-state index < -0.39 is 0 Å². The van der Waals surface area contributed by atoms with E-state index in [2.05, 4.69) is 13.8 Å². The third-order valence-electron chi connectivity index (χ3n) is 3.67. The van der Waals surface area contributed by atoms with Crippen LogP contribution in [-0.2, 0) is 0 Å². The number of fused-ring (bicyclic) bond motifs is 1. The van der Waals surface area contributed by atoms with Gasteiger partial charge in [0.05, 0.1) is 5.56 Å². The molecule has 0 aromatic heterocycles. The molecule has 0 saturated heterocycles. The number of hydrogen-bond donors (Lipinski definition) is 1. The number of amides is 1. The largest absolute Gasteiger partial charge is 0.454 e. The standard InChI is InChI=1S/C14H20N2O3/c1-8(2)9(3)16(4)14(17)10-5-12-13(6-11(10)15)19-7-18-12/h5-6,8-9H,7,15H2,1-4H3. The molecular weight excluding hydrogens is 244 g/mol. The average molecular weight is 264 g/mol. The first-order chi connectivity index (χ1) is 8.91. The highest BCUT2D eigenvalue weighted by molar-refractivity contribution is 6.00. The van der Waals surface area contributed by atoms with E-state index in [1.165, 1.54) is 0 Å². The van der Waals surface area contributed by atoms with Gasteiger partial charge in [0, 0.05) is 24.8 Å². The van der Waals surface area contributed by atoms with Gasteiger partial charge in [0.25, 0.3) is 5.91 Å². The molecule has 1 aliphatic heterocycles.